The first-order valence-corrected chi connectivity index (χ1v) is 5.54. The van der Waals surface area contributed by atoms with Gasteiger partial charge in [0.25, 0.3) is 5.91 Å². The number of benzene rings is 1. The summed E-state index contributed by atoms with van der Waals surface area (Å²) < 4.78 is 0. The molecule has 4 nitrogen and oxygen atoms in total. The van der Waals surface area contributed by atoms with Crippen LogP contribution in [0.2, 0.25) is 0 Å². The van der Waals surface area contributed by atoms with Gasteiger partial charge in [0, 0.05) is 11.9 Å². The highest BCUT2D eigenvalue weighted by Crippen LogP contribution is 2.14. The molecule has 0 spiro atoms. The van der Waals surface area contributed by atoms with Gasteiger partial charge in [0.2, 0.25) is 0 Å². The van der Waals surface area contributed by atoms with Crippen molar-refractivity contribution in [3.05, 3.63) is 30.0 Å². The molecule has 0 radical (unpaired) electrons. The third kappa shape index (κ3) is 2.05. The highest BCUT2D eigenvalue weighted by Gasteiger charge is 2.12. The van der Waals surface area contributed by atoms with Crippen LogP contribution >= 0.6 is 0 Å². The number of aromatic nitrogens is 2. The maximum Gasteiger partial charge on any atom is 0.272 e. The fourth-order valence-electron chi connectivity index (χ4n) is 1.60. The molecule has 0 bridgehead atoms. The molecule has 0 atom stereocenters. The van der Waals surface area contributed by atoms with Crippen LogP contribution in [-0.4, -0.2) is 22.6 Å². The van der Waals surface area contributed by atoms with Crippen LogP contribution in [0.4, 0.5) is 0 Å². The molecule has 0 unspecified atom stereocenters. The van der Waals surface area contributed by atoms with Gasteiger partial charge in [0.15, 0.2) is 5.69 Å². The lowest BCUT2D eigenvalue weighted by Gasteiger charge is -2.01. The number of fused-ring (bicyclic) bond motifs is 1. The van der Waals surface area contributed by atoms with Gasteiger partial charge in [-0.15, -0.1) is 0 Å². The molecule has 1 aromatic heterocycles. The molecule has 84 valence electrons. The van der Waals surface area contributed by atoms with Crippen molar-refractivity contribution in [1.29, 1.82) is 0 Å². The minimum Gasteiger partial charge on any atom is -0.351 e. The zero-order chi connectivity index (χ0) is 11.4. The van der Waals surface area contributed by atoms with Crippen molar-refractivity contribution in [2.75, 3.05) is 6.54 Å². The highest BCUT2D eigenvalue weighted by atomic mass is 16.1. The Morgan fingerprint density at radius 3 is 3.06 bits per heavy atom. The Morgan fingerprint density at radius 2 is 2.25 bits per heavy atom. The maximum atomic E-state index is 11.8. The molecular formula is C12H15N3O. The second-order valence-corrected chi connectivity index (χ2v) is 3.73. The normalized spacial score (nSPS) is 10.6. The first kappa shape index (κ1) is 10.7. The van der Waals surface area contributed by atoms with E-state index >= 15 is 0 Å². The van der Waals surface area contributed by atoms with E-state index in [0.29, 0.717) is 12.2 Å². The highest BCUT2D eigenvalue weighted by molar-refractivity contribution is 6.04. The lowest BCUT2D eigenvalue weighted by molar-refractivity contribution is 0.0950. The van der Waals surface area contributed by atoms with E-state index in [0.717, 1.165) is 23.7 Å². The van der Waals surface area contributed by atoms with Crippen molar-refractivity contribution in [2.45, 2.75) is 19.8 Å². The van der Waals surface area contributed by atoms with Crippen molar-refractivity contribution in [2.24, 2.45) is 0 Å². The first-order valence-electron chi connectivity index (χ1n) is 5.54. The summed E-state index contributed by atoms with van der Waals surface area (Å²) in [7, 11) is 0. The van der Waals surface area contributed by atoms with Crippen LogP contribution in [0.3, 0.4) is 0 Å². The molecule has 1 amide bonds. The number of nitrogens with one attached hydrogen (secondary N) is 2. The molecule has 2 N–H and O–H groups in total. The Hall–Kier alpha value is -1.84. The maximum absolute atomic E-state index is 11.8. The molecule has 0 fully saturated rings. The van der Waals surface area contributed by atoms with Crippen molar-refractivity contribution in [3.63, 3.8) is 0 Å². The van der Waals surface area contributed by atoms with E-state index in [2.05, 4.69) is 22.4 Å². The SMILES string of the molecule is CCCCNC(=O)c1n[nH]c2ccccc12. The number of H-pyrrole nitrogens is 1. The fraction of sp³-hybridized carbons (Fsp3) is 0.333. The molecule has 16 heavy (non-hydrogen) atoms. The molecule has 0 aliphatic rings. The number of hydrogen-bond donors (Lipinski definition) is 2. The van der Waals surface area contributed by atoms with Gasteiger partial charge >= 0.3 is 0 Å². The van der Waals surface area contributed by atoms with E-state index in [-0.39, 0.29) is 5.91 Å². The molecule has 2 aromatic rings. The van der Waals surface area contributed by atoms with Gasteiger partial charge in [0.05, 0.1) is 5.52 Å². The second-order valence-electron chi connectivity index (χ2n) is 3.73. The first-order chi connectivity index (χ1) is 7.83. The van der Waals surface area contributed by atoms with E-state index in [1.54, 1.807) is 0 Å². The Balaban J connectivity index is 2.17. The van der Waals surface area contributed by atoms with Crippen molar-refractivity contribution >= 4 is 16.8 Å². The number of aromatic amines is 1. The van der Waals surface area contributed by atoms with Gasteiger partial charge in [-0.05, 0) is 12.5 Å². The van der Waals surface area contributed by atoms with Gasteiger partial charge in [0.1, 0.15) is 0 Å². The third-order valence-corrected chi connectivity index (χ3v) is 2.50. The molecule has 0 aliphatic heterocycles. The van der Waals surface area contributed by atoms with Crippen LogP contribution in [-0.2, 0) is 0 Å². The molecule has 0 saturated heterocycles. The Bertz CT molecular complexity index is 490. The summed E-state index contributed by atoms with van der Waals surface area (Å²) in [6.45, 7) is 2.80. The monoisotopic (exact) mass is 217 g/mol. The number of carbonyl (C=O) groups excluding carboxylic acids is 1. The molecule has 4 heteroatoms. The Morgan fingerprint density at radius 1 is 1.44 bits per heavy atom. The van der Waals surface area contributed by atoms with Crippen LogP contribution in [0.1, 0.15) is 30.3 Å². The topological polar surface area (TPSA) is 57.8 Å². The van der Waals surface area contributed by atoms with E-state index in [9.17, 15) is 4.79 Å². The van der Waals surface area contributed by atoms with Crippen molar-refractivity contribution in [3.8, 4) is 0 Å². The quantitative estimate of drug-likeness (QED) is 0.770. The second kappa shape index (κ2) is 4.79. The van der Waals surface area contributed by atoms with Crippen LogP contribution < -0.4 is 5.32 Å². The zero-order valence-corrected chi connectivity index (χ0v) is 9.29. The average molecular weight is 217 g/mol. The molecule has 1 aromatic carbocycles. The van der Waals surface area contributed by atoms with Gasteiger partial charge in [-0.25, -0.2) is 0 Å². The summed E-state index contributed by atoms with van der Waals surface area (Å²) in [5.74, 6) is -0.106. The number of unbranched alkanes of at least 4 members (excludes halogenated alkanes) is 1. The number of amides is 1. The van der Waals surface area contributed by atoms with Crippen LogP contribution in [0.15, 0.2) is 24.3 Å². The van der Waals surface area contributed by atoms with Crippen LogP contribution in [0, 0.1) is 0 Å². The van der Waals surface area contributed by atoms with Gasteiger partial charge in [-0.1, -0.05) is 31.5 Å². The fourth-order valence-corrected chi connectivity index (χ4v) is 1.60. The predicted octanol–water partition coefficient (Wildman–Crippen LogP) is 2.09. The minimum atomic E-state index is -0.106. The van der Waals surface area contributed by atoms with E-state index < -0.39 is 0 Å². The summed E-state index contributed by atoms with van der Waals surface area (Å²) in [6.07, 6.45) is 2.07. The number of para-hydroxylation sites is 1. The predicted molar refractivity (Wildman–Crippen MR) is 63.3 cm³/mol. The van der Waals surface area contributed by atoms with E-state index in [1.165, 1.54) is 0 Å². The summed E-state index contributed by atoms with van der Waals surface area (Å²) >= 11 is 0. The van der Waals surface area contributed by atoms with Gasteiger partial charge in [-0.3, -0.25) is 9.89 Å². The summed E-state index contributed by atoms with van der Waals surface area (Å²) in [4.78, 5) is 11.8. The van der Waals surface area contributed by atoms with E-state index in [1.807, 2.05) is 24.3 Å². The largest absolute Gasteiger partial charge is 0.351 e. The van der Waals surface area contributed by atoms with Gasteiger partial charge < -0.3 is 5.32 Å². The van der Waals surface area contributed by atoms with Gasteiger partial charge in [-0.2, -0.15) is 5.10 Å². The zero-order valence-electron chi connectivity index (χ0n) is 9.29. The Labute approximate surface area is 94.0 Å². The Kier molecular flexibility index (Phi) is 3.19. The van der Waals surface area contributed by atoms with Crippen LogP contribution in [0.5, 0.6) is 0 Å². The average Bonchev–Trinajstić information content (AvgIpc) is 2.73. The molecular weight excluding hydrogens is 202 g/mol. The smallest absolute Gasteiger partial charge is 0.272 e. The molecule has 1 heterocycles. The summed E-state index contributed by atoms with van der Waals surface area (Å²) in [5.41, 5.74) is 1.37. The van der Waals surface area contributed by atoms with Crippen LogP contribution in [0.25, 0.3) is 10.9 Å². The molecule has 0 saturated carbocycles. The number of carbonyl (C=O) groups is 1. The van der Waals surface area contributed by atoms with Crippen molar-refractivity contribution < 1.29 is 4.79 Å². The lowest BCUT2D eigenvalue weighted by atomic mass is 10.2. The summed E-state index contributed by atoms with van der Waals surface area (Å²) in [6, 6.07) is 7.62. The van der Waals surface area contributed by atoms with E-state index in [4.69, 9.17) is 0 Å². The van der Waals surface area contributed by atoms with Crippen molar-refractivity contribution in [1.82, 2.24) is 15.5 Å². The number of nitrogens with zero attached hydrogens (tertiary/aromatic N) is 1. The third-order valence-electron chi connectivity index (χ3n) is 2.50. The lowest BCUT2D eigenvalue weighted by Crippen LogP contribution is -2.24. The number of rotatable bonds is 4. The summed E-state index contributed by atoms with van der Waals surface area (Å²) in [5, 5.41) is 10.6. The molecule has 0 aliphatic carbocycles. The standard InChI is InChI=1S/C12H15N3O/c1-2-3-8-13-12(16)11-9-6-4-5-7-10(9)14-15-11/h4-7H,2-3,8H2,1H3,(H,13,16)(H,14,15). The molecule has 2 rings (SSSR count). The number of hydrogen-bond acceptors (Lipinski definition) is 2. The minimum absolute atomic E-state index is 0.106.